The first kappa shape index (κ1) is 77.1. The van der Waals surface area contributed by atoms with Gasteiger partial charge in [0.1, 0.15) is 0 Å². The summed E-state index contributed by atoms with van der Waals surface area (Å²) in [6, 6.07) is -0.626. The van der Waals surface area contributed by atoms with Gasteiger partial charge < -0.3 is 20.3 Å². The van der Waals surface area contributed by atoms with Crippen molar-refractivity contribution in [2.24, 2.45) is 0 Å². The molecule has 0 aliphatic carbocycles. The van der Waals surface area contributed by atoms with Crippen LogP contribution in [0.2, 0.25) is 0 Å². The number of carbonyl (C=O) groups excluding carboxylic acids is 2. The van der Waals surface area contributed by atoms with Crippen molar-refractivity contribution in [3.63, 3.8) is 0 Å². The van der Waals surface area contributed by atoms with Gasteiger partial charge in [-0.05, 0) is 64.2 Å². The Bertz CT molecular complexity index is 1280. The molecule has 0 heterocycles. The van der Waals surface area contributed by atoms with E-state index in [0.29, 0.717) is 19.4 Å². The van der Waals surface area contributed by atoms with Gasteiger partial charge in [0.25, 0.3) is 0 Å². The molecule has 0 saturated heterocycles. The van der Waals surface area contributed by atoms with Crippen LogP contribution in [0, 0.1) is 0 Å². The Morgan fingerprint density at radius 2 is 0.633 bits per heavy atom. The second-order valence-corrected chi connectivity index (χ2v) is 24.6. The Balaban J connectivity index is 3.36. The monoisotopic (exact) mass is 1110 g/mol. The zero-order valence-corrected chi connectivity index (χ0v) is 53.4. The molecule has 0 aromatic carbocycles. The van der Waals surface area contributed by atoms with Gasteiger partial charge >= 0.3 is 5.97 Å². The van der Waals surface area contributed by atoms with Crippen molar-refractivity contribution in [1.82, 2.24) is 5.32 Å². The van der Waals surface area contributed by atoms with Gasteiger partial charge in [0, 0.05) is 12.8 Å². The van der Waals surface area contributed by atoms with Crippen molar-refractivity contribution in [2.45, 2.75) is 405 Å². The molecule has 2 atom stereocenters. The van der Waals surface area contributed by atoms with Crippen molar-refractivity contribution in [2.75, 3.05) is 13.2 Å². The van der Waals surface area contributed by atoms with Gasteiger partial charge in [-0.1, -0.05) is 352 Å². The Kier molecular flexibility index (Phi) is 66.9. The normalized spacial score (nSPS) is 12.7. The molecule has 0 spiro atoms. The number of allylic oxidation sites excluding steroid dienone is 5. The van der Waals surface area contributed by atoms with Crippen molar-refractivity contribution in [3.8, 4) is 0 Å². The molecule has 0 fully saturated rings. The van der Waals surface area contributed by atoms with E-state index < -0.39 is 12.1 Å². The molecule has 6 nitrogen and oxygen atoms in total. The van der Waals surface area contributed by atoms with Crippen molar-refractivity contribution < 1.29 is 24.5 Å². The van der Waals surface area contributed by atoms with Gasteiger partial charge in [-0.15, -0.1) is 0 Å². The largest absolute Gasteiger partial charge is 0.466 e. The number of nitrogens with one attached hydrogen (secondary N) is 1. The Morgan fingerprint density at radius 1 is 0.354 bits per heavy atom. The van der Waals surface area contributed by atoms with Crippen LogP contribution in [0.15, 0.2) is 36.5 Å². The molecule has 0 saturated carbocycles. The lowest BCUT2D eigenvalue weighted by Crippen LogP contribution is -2.45. The third-order valence-corrected chi connectivity index (χ3v) is 16.7. The highest BCUT2D eigenvalue weighted by Crippen LogP contribution is 2.19. The van der Waals surface area contributed by atoms with Gasteiger partial charge in [-0.3, -0.25) is 9.59 Å². The van der Waals surface area contributed by atoms with Crippen LogP contribution in [0.4, 0.5) is 0 Å². The van der Waals surface area contributed by atoms with E-state index >= 15 is 0 Å². The van der Waals surface area contributed by atoms with Crippen LogP contribution < -0.4 is 5.32 Å². The molecule has 79 heavy (non-hydrogen) atoms. The summed E-state index contributed by atoms with van der Waals surface area (Å²) in [5.41, 5.74) is 0. The molecule has 0 aliphatic rings. The van der Waals surface area contributed by atoms with Gasteiger partial charge in [0.2, 0.25) is 5.91 Å². The van der Waals surface area contributed by atoms with E-state index in [1.807, 2.05) is 6.08 Å². The van der Waals surface area contributed by atoms with E-state index in [0.717, 1.165) is 51.4 Å². The zero-order valence-electron chi connectivity index (χ0n) is 53.4. The topological polar surface area (TPSA) is 95.9 Å². The fourth-order valence-corrected chi connectivity index (χ4v) is 11.2. The van der Waals surface area contributed by atoms with Crippen molar-refractivity contribution in [1.29, 1.82) is 0 Å². The second kappa shape index (κ2) is 68.6. The molecule has 0 bridgehead atoms. The third-order valence-electron chi connectivity index (χ3n) is 16.7. The standard InChI is InChI=1S/C73H139NO5/c1-3-5-7-9-11-13-15-17-19-33-37-41-45-49-53-57-61-65-71(76)70(69-75)74-72(77)66-62-58-54-50-46-42-38-35-31-29-27-25-23-21-22-24-26-28-30-32-36-40-44-48-52-56-60-64-68-79-73(78)67-63-59-55-51-47-43-39-34-20-18-16-14-12-10-8-6-4-2/h12,14,18,20,61,65,70-71,75-76H,3-11,13,15-17,19,21-60,62-64,66-69H2,1-2H3,(H,74,77)/b14-12-,20-18-,65-61+. The molecule has 466 valence electrons. The van der Waals surface area contributed by atoms with Gasteiger partial charge in [0.05, 0.1) is 25.4 Å². The molecule has 0 radical (unpaired) electrons. The fourth-order valence-electron chi connectivity index (χ4n) is 11.2. The maximum Gasteiger partial charge on any atom is 0.305 e. The predicted molar refractivity (Wildman–Crippen MR) is 347 cm³/mol. The molecule has 0 aliphatic heterocycles. The number of carbonyl (C=O) groups is 2. The maximum atomic E-state index is 12.5. The molecular formula is C73H139NO5. The Hall–Kier alpha value is -1.92. The number of aliphatic hydroxyl groups excluding tert-OH is 2. The molecule has 0 aromatic rings. The average molecular weight is 1110 g/mol. The van der Waals surface area contributed by atoms with E-state index in [9.17, 15) is 19.8 Å². The van der Waals surface area contributed by atoms with Gasteiger partial charge in [0.15, 0.2) is 0 Å². The first-order valence-corrected chi connectivity index (χ1v) is 35.8. The van der Waals surface area contributed by atoms with Gasteiger partial charge in [-0.2, -0.15) is 0 Å². The Labute approximate surface area is 494 Å². The van der Waals surface area contributed by atoms with E-state index in [1.54, 1.807) is 6.08 Å². The van der Waals surface area contributed by atoms with Crippen LogP contribution in [-0.2, 0) is 14.3 Å². The van der Waals surface area contributed by atoms with E-state index in [-0.39, 0.29) is 18.5 Å². The van der Waals surface area contributed by atoms with Crippen LogP contribution in [0.3, 0.4) is 0 Å². The highest BCUT2D eigenvalue weighted by atomic mass is 16.5. The number of hydrogen-bond acceptors (Lipinski definition) is 5. The molecule has 1 amide bonds. The summed E-state index contributed by atoms with van der Waals surface area (Å²) in [5.74, 6) is -0.0509. The second-order valence-electron chi connectivity index (χ2n) is 24.6. The smallest absolute Gasteiger partial charge is 0.305 e. The minimum atomic E-state index is -0.843. The minimum Gasteiger partial charge on any atom is -0.466 e. The van der Waals surface area contributed by atoms with E-state index in [4.69, 9.17) is 4.74 Å². The number of rotatable bonds is 67. The zero-order chi connectivity index (χ0) is 57.1. The molecule has 3 N–H and O–H groups in total. The summed E-state index contributed by atoms with van der Waals surface area (Å²) in [5, 5.41) is 23.2. The van der Waals surface area contributed by atoms with E-state index in [1.165, 1.54) is 315 Å². The number of amides is 1. The van der Waals surface area contributed by atoms with Crippen LogP contribution in [0.25, 0.3) is 0 Å². The molecule has 0 aromatic heterocycles. The number of ether oxygens (including phenoxy) is 1. The summed E-state index contributed by atoms with van der Waals surface area (Å²) < 4.78 is 5.50. The highest BCUT2D eigenvalue weighted by Gasteiger charge is 2.18. The first-order valence-electron chi connectivity index (χ1n) is 35.8. The van der Waals surface area contributed by atoms with E-state index in [2.05, 4.69) is 43.5 Å². The van der Waals surface area contributed by atoms with Crippen molar-refractivity contribution >= 4 is 11.9 Å². The quantitative estimate of drug-likeness (QED) is 0.0320. The third kappa shape index (κ3) is 65.1. The first-order chi connectivity index (χ1) is 39.0. The maximum absolute atomic E-state index is 12.5. The highest BCUT2D eigenvalue weighted by molar-refractivity contribution is 5.76. The van der Waals surface area contributed by atoms with Crippen molar-refractivity contribution in [3.05, 3.63) is 36.5 Å². The summed E-state index contributed by atoms with van der Waals surface area (Å²) in [6.07, 6.45) is 88.0. The molecule has 0 rings (SSSR count). The summed E-state index contributed by atoms with van der Waals surface area (Å²) in [7, 11) is 0. The minimum absolute atomic E-state index is 0.0111. The van der Waals surface area contributed by atoms with Gasteiger partial charge in [-0.25, -0.2) is 0 Å². The molecule has 6 heteroatoms. The number of hydrogen-bond donors (Lipinski definition) is 3. The SMILES string of the molecule is CCCCC/C=C\C/C=C\CCCCCCCCCC(=O)OCCCCCCCCCCCCCCCCCCCCCCCCCCCCCCC(=O)NC(CO)C(O)/C=C/CCCCCCCCCCCCCCCCC. The number of esters is 1. The molecular weight excluding hydrogens is 971 g/mol. The summed E-state index contributed by atoms with van der Waals surface area (Å²) >= 11 is 0. The van der Waals surface area contributed by atoms with Crippen LogP contribution >= 0.6 is 0 Å². The lowest BCUT2D eigenvalue weighted by atomic mass is 10.0. The lowest BCUT2D eigenvalue weighted by Gasteiger charge is -2.20. The van der Waals surface area contributed by atoms with Crippen LogP contribution in [-0.4, -0.2) is 47.4 Å². The number of aliphatic hydroxyl groups is 2. The fraction of sp³-hybridized carbons (Fsp3) is 0.890. The summed E-state index contributed by atoms with van der Waals surface area (Å²) in [6.45, 7) is 4.91. The molecule has 2 unspecified atom stereocenters. The Morgan fingerprint density at radius 3 is 0.987 bits per heavy atom. The average Bonchev–Trinajstić information content (AvgIpc) is 3.45. The lowest BCUT2D eigenvalue weighted by molar-refractivity contribution is -0.143. The van der Waals surface area contributed by atoms with Crippen LogP contribution in [0.1, 0.15) is 393 Å². The number of unbranched alkanes of at least 4 members (excludes halogenated alkanes) is 52. The predicted octanol–water partition coefficient (Wildman–Crippen LogP) is 23.1. The van der Waals surface area contributed by atoms with Crippen LogP contribution in [0.5, 0.6) is 0 Å². The summed E-state index contributed by atoms with van der Waals surface area (Å²) in [4.78, 5) is 24.6.